The molecule has 0 aliphatic carbocycles. The van der Waals surface area contributed by atoms with Gasteiger partial charge in [0.05, 0.1) is 31.8 Å². The van der Waals surface area contributed by atoms with Gasteiger partial charge < -0.3 is 19.7 Å². The number of amides is 1. The maximum atomic E-state index is 12.5. The van der Waals surface area contributed by atoms with Crippen LogP contribution >= 0.6 is 0 Å². The van der Waals surface area contributed by atoms with Crippen LogP contribution in [-0.2, 0) is 6.42 Å². The molecule has 0 fully saturated rings. The van der Waals surface area contributed by atoms with E-state index in [1.165, 1.54) is 5.56 Å². The highest BCUT2D eigenvalue weighted by atomic mass is 16.5. The van der Waals surface area contributed by atoms with Gasteiger partial charge in [0.1, 0.15) is 17.2 Å². The Balaban J connectivity index is 1.62. The van der Waals surface area contributed by atoms with E-state index in [0.29, 0.717) is 22.9 Å². The first kappa shape index (κ1) is 20.1. The molecule has 0 bridgehead atoms. The summed E-state index contributed by atoms with van der Waals surface area (Å²) in [5.41, 5.74) is 3.05. The number of hydrogen-bond donors (Lipinski definition) is 1. The summed E-state index contributed by atoms with van der Waals surface area (Å²) in [6, 6.07) is 12.8. The average Bonchev–Trinajstić information content (AvgIpc) is 2.78. The van der Waals surface area contributed by atoms with E-state index in [0.717, 1.165) is 18.7 Å². The molecule has 1 amide bonds. The molecular formula is C22H24N4O3. The van der Waals surface area contributed by atoms with Crippen molar-refractivity contribution >= 4 is 17.3 Å². The van der Waals surface area contributed by atoms with Crippen molar-refractivity contribution in [3.63, 3.8) is 0 Å². The van der Waals surface area contributed by atoms with Crippen LogP contribution in [0.5, 0.6) is 11.5 Å². The second-order valence-electron chi connectivity index (χ2n) is 6.45. The number of aromatic nitrogens is 2. The largest absolute Gasteiger partial charge is 0.497 e. The Morgan fingerprint density at radius 2 is 1.86 bits per heavy atom. The van der Waals surface area contributed by atoms with E-state index >= 15 is 0 Å². The first-order chi connectivity index (χ1) is 14.1. The van der Waals surface area contributed by atoms with Gasteiger partial charge in [0.2, 0.25) is 0 Å². The van der Waals surface area contributed by atoms with Gasteiger partial charge in [0.15, 0.2) is 0 Å². The smallest absolute Gasteiger partial charge is 0.274 e. The number of carbonyl (C=O) groups excluding carboxylic acids is 1. The summed E-state index contributed by atoms with van der Waals surface area (Å²) in [6.45, 7) is 0.834. The van der Waals surface area contributed by atoms with Crippen molar-refractivity contribution in [3.05, 3.63) is 72.3 Å². The van der Waals surface area contributed by atoms with Crippen LogP contribution in [0.25, 0.3) is 0 Å². The highest BCUT2D eigenvalue weighted by molar-refractivity contribution is 6.03. The average molecular weight is 392 g/mol. The van der Waals surface area contributed by atoms with Crippen molar-refractivity contribution in [1.82, 2.24) is 9.97 Å². The lowest BCUT2D eigenvalue weighted by Gasteiger charge is -2.19. The Kier molecular flexibility index (Phi) is 6.63. The van der Waals surface area contributed by atoms with Crippen molar-refractivity contribution in [2.45, 2.75) is 6.42 Å². The summed E-state index contributed by atoms with van der Waals surface area (Å²) >= 11 is 0. The molecule has 7 heteroatoms. The van der Waals surface area contributed by atoms with Crippen LogP contribution in [0.1, 0.15) is 16.1 Å². The monoisotopic (exact) mass is 392 g/mol. The van der Waals surface area contributed by atoms with Gasteiger partial charge in [0.25, 0.3) is 5.91 Å². The summed E-state index contributed by atoms with van der Waals surface area (Å²) in [4.78, 5) is 23.0. The third kappa shape index (κ3) is 5.22. The summed E-state index contributed by atoms with van der Waals surface area (Å²) in [5.74, 6) is 0.863. The molecule has 7 nitrogen and oxygen atoms in total. The van der Waals surface area contributed by atoms with Crippen LogP contribution in [0, 0.1) is 0 Å². The molecule has 29 heavy (non-hydrogen) atoms. The molecule has 3 aromatic rings. The molecule has 1 N–H and O–H groups in total. The van der Waals surface area contributed by atoms with E-state index in [9.17, 15) is 4.79 Å². The third-order valence-corrected chi connectivity index (χ3v) is 4.56. The van der Waals surface area contributed by atoms with E-state index < -0.39 is 0 Å². The number of pyridine rings is 2. The van der Waals surface area contributed by atoms with Gasteiger partial charge in [-0.15, -0.1) is 0 Å². The van der Waals surface area contributed by atoms with Crippen molar-refractivity contribution in [1.29, 1.82) is 0 Å². The number of anilines is 2. The Bertz CT molecular complexity index is 946. The molecule has 0 saturated heterocycles. The lowest BCUT2D eigenvalue weighted by Crippen LogP contribution is -2.21. The first-order valence-corrected chi connectivity index (χ1v) is 9.20. The zero-order chi connectivity index (χ0) is 20.6. The maximum Gasteiger partial charge on any atom is 0.274 e. The maximum absolute atomic E-state index is 12.5. The van der Waals surface area contributed by atoms with Crippen LogP contribution in [0.3, 0.4) is 0 Å². The number of carbonyl (C=O) groups is 1. The lowest BCUT2D eigenvalue weighted by atomic mass is 10.2. The Morgan fingerprint density at radius 3 is 2.52 bits per heavy atom. The van der Waals surface area contributed by atoms with E-state index in [4.69, 9.17) is 9.47 Å². The highest BCUT2D eigenvalue weighted by Gasteiger charge is 2.12. The van der Waals surface area contributed by atoms with Gasteiger partial charge >= 0.3 is 0 Å². The minimum Gasteiger partial charge on any atom is -0.497 e. The SMILES string of the molecule is COc1ccc(NC(=O)c2ccc(N(C)CCc3ccncc3)cn2)c(OC)c1. The van der Waals surface area contributed by atoms with E-state index in [1.54, 1.807) is 57.1 Å². The minimum atomic E-state index is -0.306. The molecule has 0 aliphatic rings. The van der Waals surface area contributed by atoms with Gasteiger partial charge in [-0.2, -0.15) is 0 Å². The molecule has 2 aromatic heterocycles. The molecule has 0 aliphatic heterocycles. The van der Waals surface area contributed by atoms with Crippen LogP contribution in [0.2, 0.25) is 0 Å². The molecule has 0 radical (unpaired) electrons. The van der Waals surface area contributed by atoms with Crippen molar-refractivity contribution in [2.24, 2.45) is 0 Å². The van der Waals surface area contributed by atoms with E-state index in [-0.39, 0.29) is 5.91 Å². The molecule has 3 rings (SSSR count). The van der Waals surface area contributed by atoms with Gasteiger partial charge in [-0.1, -0.05) is 0 Å². The number of methoxy groups -OCH3 is 2. The van der Waals surface area contributed by atoms with Crippen molar-refractivity contribution in [2.75, 3.05) is 38.0 Å². The molecule has 0 spiro atoms. The molecular weight excluding hydrogens is 368 g/mol. The fraction of sp³-hybridized carbons (Fsp3) is 0.227. The van der Waals surface area contributed by atoms with Crippen LogP contribution in [-0.4, -0.2) is 43.7 Å². The Morgan fingerprint density at radius 1 is 1.07 bits per heavy atom. The number of nitrogens with zero attached hydrogens (tertiary/aromatic N) is 3. The molecule has 0 saturated carbocycles. The second-order valence-corrected chi connectivity index (χ2v) is 6.45. The number of rotatable bonds is 8. The topological polar surface area (TPSA) is 76.6 Å². The zero-order valence-corrected chi connectivity index (χ0v) is 16.8. The Hall–Kier alpha value is -3.61. The number of likely N-dealkylation sites (N-methyl/N-ethyl adjacent to an activating group) is 1. The predicted octanol–water partition coefficient (Wildman–Crippen LogP) is 3.43. The first-order valence-electron chi connectivity index (χ1n) is 9.20. The van der Waals surface area contributed by atoms with Gasteiger partial charge in [-0.3, -0.25) is 9.78 Å². The number of hydrogen-bond acceptors (Lipinski definition) is 6. The van der Waals surface area contributed by atoms with E-state index in [2.05, 4.69) is 20.2 Å². The summed E-state index contributed by atoms with van der Waals surface area (Å²) in [5, 5.41) is 2.82. The molecule has 0 unspecified atom stereocenters. The summed E-state index contributed by atoms with van der Waals surface area (Å²) in [7, 11) is 5.12. The third-order valence-electron chi connectivity index (χ3n) is 4.56. The predicted molar refractivity (Wildman–Crippen MR) is 113 cm³/mol. The van der Waals surface area contributed by atoms with Gasteiger partial charge in [-0.05, 0) is 48.4 Å². The van der Waals surface area contributed by atoms with Gasteiger partial charge in [0, 0.05) is 32.1 Å². The lowest BCUT2D eigenvalue weighted by molar-refractivity contribution is 0.102. The number of benzene rings is 1. The summed E-state index contributed by atoms with van der Waals surface area (Å²) < 4.78 is 10.5. The summed E-state index contributed by atoms with van der Waals surface area (Å²) in [6.07, 6.45) is 6.19. The van der Waals surface area contributed by atoms with Crippen LogP contribution < -0.4 is 19.7 Å². The molecule has 2 heterocycles. The molecule has 0 atom stereocenters. The van der Waals surface area contributed by atoms with E-state index in [1.807, 2.05) is 25.2 Å². The fourth-order valence-electron chi connectivity index (χ4n) is 2.81. The fourth-order valence-corrected chi connectivity index (χ4v) is 2.81. The number of nitrogens with one attached hydrogen (secondary N) is 1. The minimum absolute atomic E-state index is 0.306. The highest BCUT2D eigenvalue weighted by Crippen LogP contribution is 2.29. The Labute approximate surface area is 170 Å². The normalized spacial score (nSPS) is 10.3. The van der Waals surface area contributed by atoms with Gasteiger partial charge in [-0.25, -0.2) is 4.98 Å². The molecule has 150 valence electrons. The zero-order valence-electron chi connectivity index (χ0n) is 16.8. The van der Waals surface area contributed by atoms with Crippen molar-refractivity contribution in [3.8, 4) is 11.5 Å². The van der Waals surface area contributed by atoms with Crippen LogP contribution in [0.4, 0.5) is 11.4 Å². The molecule has 1 aromatic carbocycles. The van der Waals surface area contributed by atoms with Crippen LogP contribution in [0.15, 0.2) is 61.1 Å². The standard InChI is InChI=1S/C22H24N4O3/c1-26(13-10-16-8-11-23-12-9-16)17-4-6-20(24-15-17)22(27)25-19-7-5-18(28-2)14-21(19)29-3/h4-9,11-12,14-15H,10,13H2,1-3H3,(H,25,27). The van der Waals surface area contributed by atoms with Crippen molar-refractivity contribution < 1.29 is 14.3 Å². The second kappa shape index (κ2) is 9.54. The number of ether oxygens (including phenoxy) is 2. The quantitative estimate of drug-likeness (QED) is 0.633.